The molecule has 0 spiro atoms. The summed E-state index contributed by atoms with van der Waals surface area (Å²) >= 11 is 0. The number of nitrogens with one attached hydrogen (secondary N) is 2. The first kappa shape index (κ1) is 18.6. The molecule has 0 saturated carbocycles. The van der Waals surface area contributed by atoms with Gasteiger partial charge in [-0.15, -0.1) is 0 Å². The van der Waals surface area contributed by atoms with E-state index < -0.39 is 0 Å². The van der Waals surface area contributed by atoms with E-state index in [-0.39, 0.29) is 24.4 Å². The van der Waals surface area contributed by atoms with Crippen molar-refractivity contribution in [3.05, 3.63) is 54.1 Å². The highest BCUT2D eigenvalue weighted by Crippen LogP contribution is 2.25. The molecule has 142 valence electrons. The van der Waals surface area contributed by atoms with Gasteiger partial charge in [-0.2, -0.15) is 0 Å². The molecule has 0 bridgehead atoms. The van der Waals surface area contributed by atoms with Crippen LogP contribution >= 0.6 is 0 Å². The Morgan fingerprint density at radius 2 is 1.96 bits per heavy atom. The van der Waals surface area contributed by atoms with E-state index in [9.17, 15) is 9.59 Å². The summed E-state index contributed by atoms with van der Waals surface area (Å²) in [5.74, 6) is 1.38. The normalized spacial score (nSPS) is 16.1. The van der Waals surface area contributed by atoms with Crippen molar-refractivity contribution in [1.29, 1.82) is 0 Å². The van der Waals surface area contributed by atoms with Crippen LogP contribution in [-0.4, -0.2) is 38.7 Å². The Kier molecular flexibility index (Phi) is 5.80. The molecule has 0 unspecified atom stereocenters. The van der Waals surface area contributed by atoms with Crippen LogP contribution < -0.4 is 25.0 Å². The highest BCUT2D eigenvalue weighted by Gasteiger charge is 2.31. The SMILES string of the molecule is COc1cccc(N2C[C@@H](NC(=O)NCc3ccccc3OC)CC2=O)c1. The lowest BCUT2D eigenvalue weighted by Gasteiger charge is -2.18. The molecule has 1 saturated heterocycles. The Morgan fingerprint density at radius 3 is 2.74 bits per heavy atom. The maximum absolute atomic E-state index is 12.3. The van der Waals surface area contributed by atoms with Crippen LogP contribution in [0.25, 0.3) is 0 Å². The molecule has 1 heterocycles. The van der Waals surface area contributed by atoms with Crippen LogP contribution in [0.5, 0.6) is 11.5 Å². The van der Waals surface area contributed by atoms with Crippen LogP contribution in [-0.2, 0) is 11.3 Å². The Bertz CT molecular complexity index is 824. The number of hydrogen-bond donors (Lipinski definition) is 2. The average molecular weight is 369 g/mol. The van der Waals surface area contributed by atoms with Crippen molar-refractivity contribution in [2.75, 3.05) is 25.7 Å². The van der Waals surface area contributed by atoms with Crippen LogP contribution in [0.1, 0.15) is 12.0 Å². The van der Waals surface area contributed by atoms with Gasteiger partial charge in [0, 0.05) is 36.8 Å². The molecule has 3 rings (SSSR count). The number of ether oxygens (including phenoxy) is 2. The third kappa shape index (κ3) is 4.49. The van der Waals surface area contributed by atoms with E-state index in [0.717, 1.165) is 17.0 Å². The van der Waals surface area contributed by atoms with Crippen molar-refractivity contribution in [3.63, 3.8) is 0 Å². The van der Waals surface area contributed by atoms with E-state index >= 15 is 0 Å². The number of nitrogens with zero attached hydrogens (tertiary/aromatic N) is 1. The monoisotopic (exact) mass is 369 g/mol. The Labute approximate surface area is 158 Å². The molecule has 0 aliphatic carbocycles. The molecule has 1 aliphatic heterocycles. The smallest absolute Gasteiger partial charge is 0.315 e. The molecule has 0 aromatic heterocycles. The molecular formula is C20H23N3O4. The summed E-state index contributed by atoms with van der Waals surface area (Å²) in [5, 5.41) is 5.67. The number of carbonyl (C=O) groups excluding carboxylic acids is 2. The largest absolute Gasteiger partial charge is 0.497 e. The van der Waals surface area contributed by atoms with Gasteiger partial charge in [0.15, 0.2) is 0 Å². The number of para-hydroxylation sites is 1. The zero-order valence-electron chi connectivity index (χ0n) is 15.4. The molecule has 1 aliphatic rings. The van der Waals surface area contributed by atoms with Crippen molar-refractivity contribution in [2.45, 2.75) is 19.0 Å². The van der Waals surface area contributed by atoms with Crippen LogP contribution in [0, 0.1) is 0 Å². The maximum atomic E-state index is 12.3. The van der Waals surface area contributed by atoms with Crippen molar-refractivity contribution in [2.24, 2.45) is 0 Å². The van der Waals surface area contributed by atoms with E-state index in [1.807, 2.05) is 48.5 Å². The van der Waals surface area contributed by atoms with Gasteiger partial charge in [0.2, 0.25) is 5.91 Å². The third-order valence-corrected chi connectivity index (χ3v) is 4.46. The van der Waals surface area contributed by atoms with E-state index in [4.69, 9.17) is 9.47 Å². The van der Waals surface area contributed by atoms with Gasteiger partial charge in [-0.25, -0.2) is 4.79 Å². The van der Waals surface area contributed by atoms with Crippen LogP contribution in [0.15, 0.2) is 48.5 Å². The molecule has 1 atom stereocenters. The standard InChI is InChI=1S/C20H23N3O4/c1-26-17-8-5-7-16(11-17)23-13-15(10-19(23)24)22-20(25)21-12-14-6-3-4-9-18(14)27-2/h3-9,11,15H,10,12-13H2,1-2H3,(H2,21,22,25)/t15-/m0/s1. The molecule has 2 N–H and O–H groups in total. The second kappa shape index (κ2) is 8.44. The van der Waals surface area contributed by atoms with Crippen LogP contribution in [0.4, 0.5) is 10.5 Å². The van der Waals surface area contributed by atoms with Crippen molar-refractivity contribution in [3.8, 4) is 11.5 Å². The summed E-state index contributed by atoms with van der Waals surface area (Å²) in [4.78, 5) is 26.2. The lowest BCUT2D eigenvalue weighted by molar-refractivity contribution is -0.117. The fraction of sp³-hybridized carbons (Fsp3) is 0.300. The van der Waals surface area contributed by atoms with Gasteiger partial charge in [0.1, 0.15) is 11.5 Å². The predicted octanol–water partition coefficient (Wildman–Crippen LogP) is 2.31. The fourth-order valence-corrected chi connectivity index (χ4v) is 3.09. The third-order valence-electron chi connectivity index (χ3n) is 4.46. The maximum Gasteiger partial charge on any atom is 0.315 e. The zero-order valence-corrected chi connectivity index (χ0v) is 15.4. The second-order valence-electron chi connectivity index (χ2n) is 6.25. The van der Waals surface area contributed by atoms with Gasteiger partial charge in [-0.3, -0.25) is 4.79 Å². The first-order valence-corrected chi connectivity index (χ1v) is 8.71. The van der Waals surface area contributed by atoms with Crippen molar-refractivity contribution in [1.82, 2.24) is 10.6 Å². The van der Waals surface area contributed by atoms with E-state index in [1.165, 1.54) is 0 Å². The van der Waals surface area contributed by atoms with Crippen LogP contribution in [0.3, 0.4) is 0 Å². The molecule has 2 aromatic rings. The minimum Gasteiger partial charge on any atom is -0.497 e. The minimum atomic E-state index is -0.314. The number of anilines is 1. The van der Waals surface area contributed by atoms with Gasteiger partial charge >= 0.3 is 6.03 Å². The van der Waals surface area contributed by atoms with E-state index in [1.54, 1.807) is 19.1 Å². The first-order valence-electron chi connectivity index (χ1n) is 8.71. The molecule has 7 nitrogen and oxygen atoms in total. The summed E-state index contributed by atoms with van der Waals surface area (Å²) in [6.07, 6.45) is 0.263. The average Bonchev–Trinajstić information content (AvgIpc) is 3.06. The quantitative estimate of drug-likeness (QED) is 0.819. The second-order valence-corrected chi connectivity index (χ2v) is 6.25. The number of carbonyl (C=O) groups is 2. The predicted molar refractivity (Wildman–Crippen MR) is 102 cm³/mol. The lowest BCUT2D eigenvalue weighted by Crippen LogP contribution is -2.43. The van der Waals surface area contributed by atoms with Crippen LogP contribution in [0.2, 0.25) is 0 Å². The van der Waals surface area contributed by atoms with Gasteiger partial charge < -0.3 is 25.0 Å². The number of methoxy groups -OCH3 is 2. The van der Waals surface area contributed by atoms with Gasteiger partial charge in [0.05, 0.1) is 20.3 Å². The lowest BCUT2D eigenvalue weighted by atomic mass is 10.2. The number of rotatable bonds is 6. The number of hydrogen-bond acceptors (Lipinski definition) is 4. The summed E-state index contributed by atoms with van der Waals surface area (Å²) < 4.78 is 10.5. The Morgan fingerprint density at radius 1 is 1.15 bits per heavy atom. The zero-order chi connectivity index (χ0) is 19.2. The Balaban J connectivity index is 1.55. The fourth-order valence-electron chi connectivity index (χ4n) is 3.09. The summed E-state index contributed by atoms with van der Waals surface area (Å²) in [7, 11) is 3.18. The molecule has 7 heteroatoms. The number of benzene rings is 2. The summed E-state index contributed by atoms with van der Waals surface area (Å²) in [5.41, 5.74) is 1.65. The molecular weight excluding hydrogens is 346 g/mol. The van der Waals surface area contributed by atoms with E-state index in [0.29, 0.717) is 18.8 Å². The Hall–Kier alpha value is -3.22. The highest BCUT2D eigenvalue weighted by molar-refractivity contribution is 5.97. The molecule has 0 radical (unpaired) electrons. The van der Waals surface area contributed by atoms with Crippen molar-refractivity contribution < 1.29 is 19.1 Å². The molecule has 27 heavy (non-hydrogen) atoms. The number of urea groups is 1. The first-order chi connectivity index (χ1) is 13.1. The van der Waals surface area contributed by atoms with E-state index in [2.05, 4.69) is 10.6 Å². The van der Waals surface area contributed by atoms with Crippen molar-refractivity contribution >= 4 is 17.6 Å². The van der Waals surface area contributed by atoms with Gasteiger partial charge in [-0.1, -0.05) is 24.3 Å². The number of amides is 3. The van der Waals surface area contributed by atoms with Gasteiger partial charge in [0.25, 0.3) is 0 Å². The minimum absolute atomic E-state index is 0.0294. The molecule has 3 amide bonds. The summed E-state index contributed by atoms with van der Waals surface area (Å²) in [6.45, 7) is 0.768. The molecule has 2 aromatic carbocycles. The topological polar surface area (TPSA) is 79.9 Å². The van der Waals surface area contributed by atoms with Gasteiger partial charge in [-0.05, 0) is 18.2 Å². The summed E-state index contributed by atoms with van der Waals surface area (Å²) in [6, 6.07) is 14.3. The molecule has 1 fully saturated rings. The highest BCUT2D eigenvalue weighted by atomic mass is 16.5.